The van der Waals surface area contributed by atoms with Crippen LogP contribution in [0.1, 0.15) is 65.7 Å². The zero-order valence-corrected chi connectivity index (χ0v) is 23.1. The van der Waals surface area contributed by atoms with Crippen LogP contribution in [0, 0.1) is 26.7 Å². The molecule has 1 aliphatic carbocycles. The summed E-state index contributed by atoms with van der Waals surface area (Å²) >= 11 is 1.92. The lowest BCUT2D eigenvalue weighted by molar-refractivity contribution is 0.211. The lowest BCUT2D eigenvalue weighted by atomic mass is 9.88. The molecule has 1 unspecified atom stereocenters. The molecule has 1 saturated heterocycles. The first-order valence-electron chi connectivity index (χ1n) is 12.7. The van der Waals surface area contributed by atoms with E-state index in [0.29, 0.717) is 30.3 Å². The number of likely N-dealkylation sites (tertiary alicyclic amines) is 1. The van der Waals surface area contributed by atoms with Gasteiger partial charge in [0.2, 0.25) is 10.0 Å². The van der Waals surface area contributed by atoms with Crippen LogP contribution in [-0.2, 0) is 10.0 Å². The van der Waals surface area contributed by atoms with Crippen LogP contribution in [0.2, 0.25) is 0 Å². The minimum atomic E-state index is -3.42. The fourth-order valence-electron chi connectivity index (χ4n) is 6.73. The normalized spacial score (nSPS) is 22.7. The van der Waals surface area contributed by atoms with Crippen molar-refractivity contribution in [2.24, 2.45) is 11.1 Å². The monoisotopic (exact) mass is 526 g/mol. The molecule has 10 heteroatoms. The van der Waals surface area contributed by atoms with E-state index in [4.69, 9.17) is 5.14 Å². The van der Waals surface area contributed by atoms with Crippen LogP contribution in [0.3, 0.4) is 0 Å². The number of hydrogen-bond acceptors (Lipinski definition) is 6. The summed E-state index contributed by atoms with van der Waals surface area (Å²) in [6, 6.07) is 0.460. The van der Waals surface area contributed by atoms with Crippen LogP contribution in [0.4, 0.5) is 0 Å². The van der Waals surface area contributed by atoms with Crippen molar-refractivity contribution in [1.82, 2.24) is 24.5 Å². The van der Waals surface area contributed by atoms with Gasteiger partial charge in [-0.25, -0.2) is 23.1 Å². The van der Waals surface area contributed by atoms with Crippen LogP contribution in [-0.4, -0.2) is 57.8 Å². The SMILES string of the molecule is Cc1c(-c2[nH]c3sc([C@@H]4CC5C[C@H]4CN5CCS(N)(=O)=O)c(C)c3c2C(C)C)cn2ncnc2c1C. The van der Waals surface area contributed by atoms with Gasteiger partial charge >= 0.3 is 0 Å². The van der Waals surface area contributed by atoms with E-state index in [1.807, 2.05) is 15.9 Å². The van der Waals surface area contributed by atoms with E-state index in [1.54, 1.807) is 6.33 Å². The molecule has 0 amide bonds. The van der Waals surface area contributed by atoms with Crippen molar-refractivity contribution < 1.29 is 8.42 Å². The van der Waals surface area contributed by atoms with Gasteiger partial charge in [-0.05, 0) is 73.6 Å². The third kappa shape index (κ3) is 3.72. The van der Waals surface area contributed by atoms with E-state index < -0.39 is 10.0 Å². The molecule has 1 saturated carbocycles. The molecule has 4 aromatic heterocycles. The number of nitrogens with two attached hydrogens (primary N) is 1. The summed E-state index contributed by atoms with van der Waals surface area (Å²) in [7, 11) is -3.42. The average Bonchev–Trinajstić information content (AvgIpc) is 3.60. The van der Waals surface area contributed by atoms with E-state index in [2.05, 4.69) is 60.8 Å². The number of primary sulfonamides is 1. The van der Waals surface area contributed by atoms with E-state index in [9.17, 15) is 8.42 Å². The number of aromatic amines is 1. The number of piperidine rings is 1. The summed E-state index contributed by atoms with van der Waals surface area (Å²) < 4.78 is 24.8. The van der Waals surface area contributed by atoms with Gasteiger partial charge in [-0.1, -0.05) is 13.8 Å². The third-order valence-electron chi connectivity index (χ3n) is 8.59. The van der Waals surface area contributed by atoms with Crippen molar-refractivity contribution in [3.05, 3.63) is 39.7 Å². The van der Waals surface area contributed by atoms with Gasteiger partial charge in [0.15, 0.2) is 5.65 Å². The Bertz CT molecular complexity index is 1600. The van der Waals surface area contributed by atoms with Gasteiger partial charge in [0.25, 0.3) is 0 Å². The summed E-state index contributed by atoms with van der Waals surface area (Å²) in [6.45, 7) is 12.7. The molecule has 1 aliphatic heterocycles. The molecule has 0 spiro atoms. The number of fused-ring (bicyclic) bond motifs is 4. The Morgan fingerprint density at radius 2 is 1.97 bits per heavy atom. The molecule has 3 N–H and O–H groups in total. The van der Waals surface area contributed by atoms with E-state index in [-0.39, 0.29) is 5.75 Å². The van der Waals surface area contributed by atoms with Crippen molar-refractivity contribution >= 4 is 37.2 Å². The molecule has 6 rings (SSSR count). The number of H-pyrrole nitrogens is 1. The maximum Gasteiger partial charge on any atom is 0.210 e. The second-order valence-corrected chi connectivity index (χ2v) is 13.8. The number of rotatable bonds is 6. The molecular weight excluding hydrogens is 492 g/mol. The predicted octanol–water partition coefficient (Wildman–Crippen LogP) is 4.45. The molecule has 0 aromatic carbocycles. The molecule has 36 heavy (non-hydrogen) atoms. The third-order valence-corrected chi connectivity index (χ3v) is 10.7. The second-order valence-electron chi connectivity index (χ2n) is 11.0. The van der Waals surface area contributed by atoms with Crippen molar-refractivity contribution in [1.29, 1.82) is 0 Å². The molecule has 2 bridgehead atoms. The average molecular weight is 527 g/mol. The molecule has 4 aromatic rings. The van der Waals surface area contributed by atoms with Gasteiger partial charge in [-0.3, -0.25) is 4.90 Å². The Morgan fingerprint density at radius 3 is 2.64 bits per heavy atom. The summed E-state index contributed by atoms with van der Waals surface area (Å²) in [6.07, 6.45) is 5.97. The number of nitrogens with one attached hydrogen (secondary N) is 1. The lowest BCUT2D eigenvalue weighted by Gasteiger charge is -2.31. The van der Waals surface area contributed by atoms with Crippen molar-refractivity contribution in [3.8, 4) is 11.3 Å². The van der Waals surface area contributed by atoms with Crippen molar-refractivity contribution in [3.63, 3.8) is 0 Å². The number of aryl methyl sites for hydroxylation is 2. The first-order chi connectivity index (χ1) is 17.0. The minimum Gasteiger partial charge on any atom is -0.346 e. The zero-order chi connectivity index (χ0) is 25.5. The van der Waals surface area contributed by atoms with Gasteiger partial charge in [-0.15, -0.1) is 11.3 Å². The topological polar surface area (TPSA) is 109 Å². The quantitative estimate of drug-likeness (QED) is 0.386. The van der Waals surface area contributed by atoms with Crippen LogP contribution in [0.5, 0.6) is 0 Å². The maximum atomic E-state index is 11.4. The molecular formula is C26H34N6O2S2. The lowest BCUT2D eigenvalue weighted by Crippen LogP contribution is -2.38. The first kappa shape index (κ1) is 24.1. The number of sulfonamides is 1. The highest BCUT2D eigenvalue weighted by molar-refractivity contribution is 7.89. The Kier molecular flexibility index (Phi) is 5.60. The number of thiophene rings is 1. The van der Waals surface area contributed by atoms with Crippen molar-refractivity contribution in [2.45, 2.75) is 65.3 Å². The Morgan fingerprint density at radius 1 is 1.19 bits per heavy atom. The first-order valence-corrected chi connectivity index (χ1v) is 15.3. The molecule has 8 nitrogen and oxygen atoms in total. The van der Waals surface area contributed by atoms with Gasteiger partial charge in [0.05, 0.1) is 11.4 Å². The Labute approximate surface area is 216 Å². The Hall–Kier alpha value is -2.27. The molecule has 192 valence electrons. The molecule has 3 atom stereocenters. The van der Waals surface area contributed by atoms with Crippen LogP contribution in [0.25, 0.3) is 27.1 Å². The van der Waals surface area contributed by atoms with E-state index in [0.717, 1.165) is 30.6 Å². The maximum absolute atomic E-state index is 11.4. The largest absolute Gasteiger partial charge is 0.346 e. The van der Waals surface area contributed by atoms with Crippen molar-refractivity contribution in [2.75, 3.05) is 18.8 Å². The van der Waals surface area contributed by atoms with Crippen LogP contribution in [0.15, 0.2) is 12.5 Å². The fraction of sp³-hybridized carbons (Fsp3) is 0.538. The van der Waals surface area contributed by atoms with E-state index >= 15 is 0 Å². The number of nitrogens with zero attached hydrogens (tertiary/aromatic N) is 4. The highest BCUT2D eigenvalue weighted by Crippen LogP contribution is 2.53. The van der Waals surface area contributed by atoms with Gasteiger partial charge in [0.1, 0.15) is 11.2 Å². The number of pyridine rings is 1. The highest BCUT2D eigenvalue weighted by atomic mass is 32.2. The summed E-state index contributed by atoms with van der Waals surface area (Å²) in [5, 5.41) is 11.0. The van der Waals surface area contributed by atoms with Gasteiger partial charge < -0.3 is 4.98 Å². The van der Waals surface area contributed by atoms with Gasteiger partial charge in [-0.2, -0.15) is 5.10 Å². The van der Waals surface area contributed by atoms with Crippen LogP contribution < -0.4 is 5.14 Å². The smallest absolute Gasteiger partial charge is 0.210 e. The Balaban J connectivity index is 1.37. The second kappa shape index (κ2) is 8.37. The van der Waals surface area contributed by atoms with Crippen LogP contribution >= 0.6 is 11.3 Å². The molecule has 0 radical (unpaired) electrons. The number of aromatic nitrogens is 4. The summed E-state index contributed by atoms with van der Waals surface area (Å²) in [4.78, 5) is 13.3. The standard InChI is InChI=1S/C26H34N6O2S2/c1-13(2)21-22-16(5)24(19-9-18-8-17(19)10-31(18)6-7-36(27,33)34)35-26(22)30-23(21)20-11-32-25(28-12-29-32)15(4)14(20)3/h11-13,17-19,30H,6-10H2,1-5H3,(H2,27,33,34)/t17-,18?,19+/m0/s1. The van der Waals surface area contributed by atoms with E-state index in [1.165, 1.54) is 43.0 Å². The molecule has 5 heterocycles. The highest BCUT2D eigenvalue weighted by Gasteiger charge is 2.46. The predicted molar refractivity (Wildman–Crippen MR) is 145 cm³/mol. The molecule has 2 fully saturated rings. The van der Waals surface area contributed by atoms with Gasteiger partial charge in [0, 0.05) is 41.2 Å². The zero-order valence-electron chi connectivity index (χ0n) is 21.5. The minimum absolute atomic E-state index is 0.0434. The summed E-state index contributed by atoms with van der Waals surface area (Å²) in [5.41, 5.74) is 8.46. The molecule has 2 aliphatic rings. The number of hydrogen-bond donors (Lipinski definition) is 2. The summed E-state index contributed by atoms with van der Waals surface area (Å²) in [5.74, 6) is 1.54. The fourth-order valence-corrected chi connectivity index (χ4v) is 8.65.